The lowest BCUT2D eigenvalue weighted by molar-refractivity contribution is -0.129. The third-order valence-corrected chi connectivity index (χ3v) is 8.03. The number of carbonyl (C=O) groups excluding carboxylic acids is 1. The lowest BCUT2D eigenvalue weighted by atomic mass is 10.1. The zero-order chi connectivity index (χ0) is 23.5. The number of hydrogen-bond donors (Lipinski definition) is 0. The first-order valence-electron chi connectivity index (χ1n) is 9.57. The summed E-state index contributed by atoms with van der Waals surface area (Å²) in [6, 6.07) is 16.8. The number of nitrogens with zero attached hydrogens (tertiary/aromatic N) is 1. The summed E-state index contributed by atoms with van der Waals surface area (Å²) >= 11 is 13.8. The van der Waals surface area contributed by atoms with Crippen molar-refractivity contribution in [3.05, 3.63) is 93.6 Å². The molecule has 0 spiro atoms. The molecule has 0 N–H and O–H groups in total. The molecule has 9 heteroatoms. The first-order valence-corrected chi connectivity index (χ1v) is 12.9. The maximum atomic E-state index is 12.4. The van der Waals surface area contributed by atoms with Crippen LogP contribution in [0.3, 0.4) is 0 Å². The number of esters is 1. The van der Waals surface area contributed by atoms with E-state index in [0.29, 0.717) is 23.1 Å². The van der Waals surface area contributed by atoms with Gasteiger partial charge in [-0.05, 0) is 121 Å². The standard InChI is InChI=1S/C24H15BrClI2NO4/c1-31-21-10-14(8-19(28)22(21)32-12-13-2-5-16(26)6-3-13)9-20-24(30)33-23(29-20)15-4-7-18(27)17(25)11-15/h2-11H,12H2,1H3/b20-9-. The number of benzene rings is 3. The van der Waals surface area contributed by atoms with Crippen LogP contribution in [0.15, 0.2) is 69.8 Å². The second kappa shape index (κ2) is 10.7. The van der Waals surface area contributed by atoms with E-state index in [4.69, 9.17) is 25.8 Å². The van der Waals surface area contributed by atoms with Crippen molar-refractivity contribution in [1.29, 1.82) is 0 Å². The van der Waals surface area contributed by atoms with Crippen LogP contribution < -0.4 is 9.47 Å². The Morgan fingerprint density at radius 2 is 1.85 bits per heavy atom. The van der Waals surface area contributed by atoms with Crippen molar-refractivity contribution in [3.63, 3.8) is 0 Å². The highest BCUT2D eigenvalue weighted by Gasteiger charge is 2.25. The maximum absolute atomic E-state index is 12.4. The fourth-order valence-electron chi connectivity index (χ4n) is 3.02. The van der Waals surface area contributed by atoms with Gasteiger partial charge in [-0.15, -0.1) is 0 Å². The molecule has 168 valence electrons. The molecule has 0 aromatic heterocycles. The van der Waals surface area contributed by atoms with Crippen LogP contribution in [0.2, 0.25) is 5.02 Å². The van der Waals surface area contributed by atoms with Crippen molar-refractivity contribution < 1.29 is 19.0 Å². The second-order valence-corrected chi connectivity index (χ2v) is 10.5. The summed E-state index contributed by atoms with van der Waals surface area (Å²) in [5, 5.41) is 0.675. The van der Waals surface area contributed by atoms with Gasteiger partial charge in [-0.3, -0.25) is 0 Å². The van der Waals surface area contributed by atoms with Crippen LogP contribution in [-0.2, 0) is 16.1 Å². The molecular formula is C24H15BrClI2NO4. The number of methoxy groups -OCH3 is 1. The second-order valence-electron chi connectivity index (χ2n) is 6.91. The number of cyclic esters (lactones) is 1. The average molecular weight is 751 g/mol. The Hall–Kier alpha value is -1.63. The molecule has 0 atom stereocenters. The van der Waals surface area contributed by atoms with Gasteiger partial charge in [-0.25, -0.2) is 9.79 Å². The maximum Gasteiger partial charge on any atom is 0.363 e. The molecule has 1 aliphatic rings. The van der Waals surface area contributed by atoms with Crippen molar-refractivity contribution in [1.82, 2.24) is 0 Å². The first kappa shape index (κ1) is 24.5. The average Bonchev–Trinajstić information content (AvgIpc) is 3.15. The van der Waals surface area contributed by atoms with E-state index < -0.39 is 5.97 Å². The Morgan fingerprint density at radius 3 is 2.55 bits per heavy atom. The van der Waals surface area contributed by atoms with E-state index in [0.717, 1.165) is 28.3 Å². The summed E-state index contributed by atoms with van der Waals surface area (Å²) < 4.78 is 19.7. The molecule has 0 amide bonds. The summed E-state index contributed by atoms with van der Waals surface area (Å²) in [6.45, 7) is 0.371. The summed E-state index contributed by atoms with van der Waals surface area (Å²) in [5.74, 6) is 0.946. The van der Waals surface area contributed by atoms with Gasteiger partial charge in [0.25, 0.3) is 0 Å². The van der Waals surface area contributed by atoms with E-state index in [2.05, 4.69) is 66.1 Å². The van der Waals surface area contributed by atoms with Crippen LogP contribution in [0, 0.1) is 7.14 Å². The quantitative estimate of drug-likeness (QED) is 0.152. The van der Waals surface area contributed by atoms with Crippen molar-refractivity contribution in [2.24, 2.45) is 4.99 Å². The van der Waals surface area contributed by atoms with E-state index in [-0.39, 0.29) is 11.6 Å². The SMILES string of the molecule is COc1cc(/C=C2\N=C(c3ccc(I)c(Br)c3)OC2=O)cc(I)c1OCc1ccc(Cl)cc1. The number of halogens is 4. The largest absolute Gasteiger partial charge is 0.493 e. The van der Waals surface area contributed by atoms with E-state index in [1.165, 1.54) is 0 Å². The zero-order valence-electron chi connectivity index (χ0n) is 17.1. The van der Waals surface area contributed by atoms with Crippen molar-refractivity contribution in [2.45, 2.75) is 6.61 Å². The summed E-state index contributed by atoms with van der Waals surface area (Å²) in [6.07, 6.45) is 1.67. The Kier molecular flexibility index (Phi) is 7.98. The van der Waals surface area contributed by atoms with Crippen LogP contribution in [0.1, 0.15) is 16.7 Å². The Balaban J connectivity index is 1.59. The van der Waals surface area contributed by atoms with Crippen molar-refractivity contribution in [3.8, 4) is 11.5 Å². The van der Waals surface area contributed by atoms with Gasteiger partial charge in [0.05, 0.1) is 10.7 Å². The Morgan fingerprint density at radius 1 is 1.09 bits per heavy atom. The number of aliphatic imine (C=N–C) groups is 1. The molecule has 1 heterocycles. The molecule has 0 saturated carbocycles. The lowest BCUT2D eigenvalue weighted by Gasteiger charge is -2.14. The number of rotatable bonds is 6. The van der Waals surface area contributed by atoms with Gasteiger partial charge in [0.1, 0.15) is 6.61 Å². The third kappa shape index (κ3) is 5.90. The molecular weight excluding hydrogens is 735 g/mol. The van der Waals surface area contributed by atoms with Crippen LogP contribution >= 0.6 is 72.7 Å². The molecule has 33 heavy (non-hydrogen) atoms. The topological polar surface area (TPSA) is 57.1 Å². The lowest BCUT2D eigenvalue weighted by Crippen LogP contribution is -2.05. The predicted molar refractivity (Wildman–Crippen MR) is 149 cm³/mol. The van der Waals surface area contributed by atoms with Crippen LogP contribution in [-0.4, -0.2) is 19.0 Å². The van der Waals surface area contributed by atoms with E-state index in [9.17, 15) is 4.79 Å². The molecule has 0 radical (unpaired) electrons. The van der Waals surface area contributed by atoms with Gasteiger partial charge < -0.3 is 14.2 Å². The molecule has 4 rings (SSSR count). The van der Waals surface area contributed by atoms with Gasteiger partial charge in [0.2, 0.25) is 5.90 Å². The Bertz CT molecular complexity index is 1290. The minimum atomic E-state index is -0.503. The molecule has 0 aliphatic carbocycles. The van der Waals surface area contributed by atoms with Gasteiger partial charge in [-0.2, -0.15) is 0 Å². The first-order chi connectivity index (χ1) is 15.8. The molecule has 0 fully saturated rings. The fourth-order valence-corrected chi connectivity index (χ4v) is 4.64. The molecule has 0 unspecified atom stereocenters. The highest BCUT2D eigenvalue weighted by molar-refractivity contribution is 14.1. The fraction of sp³-hybridized carbons (Fsp3) is 0.0833. The predicted octanol–water partition coefficient (Wildman–Crippen LogP) is 7.24. The number of ether oxygens (including phenoxy) is 3. The molecule has 0 bridgehead atoms. The van der Waals surface area contributed by atoms with E-state index >= 15 is 0 Å². The van der Waals surface area contributed by atoms with E-state index in [1.807, 2.05) is 48.5 Å². The molecule has 3 aromatic carbocycles. The van der Waals surface area contributed by atoms with Gasteiger partial charge in [-0.1, -0.05) is 23.7 Å². The smallest absolute Gasteiger partial charge is 0.363 e. The monoisotopic (exact) mass is 749 g/mol. The minimum Gasteiger partial charge on any atom is -0.493 e. The number of hydrogen-bond acceptors (Lipinski definition) is 5. The number of carbonyl (C=O) groups is 1. The highest BCUT2D eigenvalue weighted by atomic mass is 127. The third-order valence-electron chi connectivity index (χ3n) is 4.64. The molecule has 3 aromatic rings. The van der Waals surface area contributed by atoms with Crippen LogP contribution in [0.25, 0.3) is 6.08 Å². The van der Waals surface area contributed by atoms with Gasteiger partial charge >= 0.3 is 5.97 Å². The van der Waals surface area contributed by atoms with Crippen molar-refractivity contribution >= 4 is 90.7 Å². The van der Waals surface area contributed by atoms with E-state index in [1.54, 1.807) is 19.3 Å². The zero-order valence-corrected chi connectivity index (χ0v) is 23.7. The van der Waals surface area contributed by atoms with Gasteiger partial charge in [0.15, 0.2) is 17.2 Å². The summed E-state index contributed by atoms with van der Waals surface area (Å²) in [4.78, 5) is 16.8. The summed E-state index contributed by atoms with van der Waals surface area (Å²) in [5.41, 5.74) is 2.67. The molecule has 5 nitrogen and oxygen atoms in total. The Labute approximate surface area is 231 Å². The minimum absolute atomic E-state index is 0.215. The normalized spacial score (nSPS) is 14.3. The van der Waals surface area contributed by atoms with Gasteiger partial charge in [0, 0.05) is 18.6 Å². The summed E-state index contributed by atoms with van der Waals surface area (Å²) in [7, 11) is 1.58. The van der Waals surface area contributed by atoms with Crippen LogP contribution in [0.4, 0.5) is 0 Å². The van der Waals surface area contributed by atoms with Crippen molar-refractivity contribution in [2.75, 3.05) is 7.11 Å². The molecule has 0 saturated heterocycles. The van der Waals surface area contributed by atoms with Crippen LogP contribution in [0.5, 0.6) is 11.5 Å². The highest BCUT2D eigenvalue weighted by Crippen LogP contribution is 2.36. The molecule has 1 aliphatic heterocycles.